The first-order valence-electron chi connectivity index (χ1n) is 5.94. The van der Waals surface area contributed by atoms with Gasteiger partial charge >= 0.3 is 0 Å². The Balaban J connectivity index is 2.77. The molecule has 0 fully saturated rings. The number of carbonyl (C=O) groups is 1. The Hall–Kier alpha value is -0.940. The van der Waals surface area contributed by atoms with E-state index in [0.717, 1.165) is 11.1 Å². The highest BCUT2D eigenvalue weighted by molar-refractivity contribution is 9.10. The summed E-state index contributed by atoms with van der Waals surface area (Å²) in [6, 6.07) is 3.55. The lowest BCUT2D eigenvalue weighted by Gasteiger charge is -2.24. The van der Waals surface area contributed by atoms with Crippen LogP contribution in [0.25, 0.3) is 0 Å². The van der Waals surface area contributed by atoms with Gasteiger partial charge in [0.25, 0.3) is 5.91 Å². The molecule has 0 aromatic carbocycles. The Morgan fingerprint density at radius 2 is 2.22 bits per heavy atom. The first-order chi connectivity index (χ1) is 8.54. The molecule has 5 heteroatoms. The Kier molecular flexibility index (Phi) is 6.29. The van der Waals surface area contributed by atoms with Crippen LogP contribution in [0.15, 0.2) is 22.9 Å². The van der Waals surface area contributed by atoms with E-state index in [0.29, 0.717) is 24.6 Å². The number of amides is 1. The maximum atomic E-state index is 12.3. The maximum Gasteiger partial charge on any atom is 0.255 e. The second-order valence-corrected chi connectivity index (χ2v) is 5.32. The fraction of sp³-hybridized carbons (Fsp3) is 0.538. The predicted octanol–water partition coefficient (Wildman–Crippen LogP) is 2.59. The lowest BCUT2D eigenvalue weighted by atomic mass is 10.2. The Bertz CT molecular complexity index is 379. The van der Waals surface area contributed by atoms with E-state index in [9.17, 15) is 4.79 Å². The van der Waals surface area contributed by atoms with Crippen LogP contribution >= 0.6 is 15.9 Å². The Labute approximate surface area is 116 Å². The number of hydrogen-bond donors (Lipinski definition) is 0. The third-order valence-corrected chi connectivity index (χ3v) is 2.88. The van der Waals surface area contributed by atoms with Gasteiger partial charge in [0.05, 0.1) is 12.2 Å². The summed E-state index contributed by atoms with van der Waals surface area (Å²) in [6.07, 6.45) is 1.59. The van der Waals surface area contributed by atoms with E-state index < -0.39 is 0 Å². The summed E-state index contributed by atoms with van der Waals surface area (Å²) in [5, 5.41) is 0. The fourth-order valence-corrected chi connectivity index (χ4v) is 1.84. The smallest absolute Gasteiger partial charge is 0.255 e. The third-order valence-electron chi connectivity index (χ3n) is 2.41. The topological polar surface area (TPSA) is 42.4 Å². The van der Waals surface area contributed by atoms with Crippen LogP contribution in [0.1, 0.15) is 24.2 Å². The van der Waals surface area contributed by atoms with Crippen LogP contribution in [-0.2, 0) is 4.74 Å². The molecule has 0 radical (unpaired) electrons. The number of hydrogen-bond acceptors (Lipinski definition) is 3. The summed E-state index contributed by atoms with van der Waals surface area (Å²) in [7, 11) is 1.64. The van der Waals surface area contributed by atoms with Gasteiger partial charge in [0.15, 0.2) is 0 Å². The molecule has 1 aromatic rings. The highest BCUT2D eigenvalue weighted by Crippen LogP contribution is 2.10. The molecular formula is C13H19BrN2O2. The molecule has 0 aliphatic heterocycles. The first kappa shape index (κ1) is 15.1. The molecule has 0 bridgehead atoms. The van der Waals surface area contributed by atoms with Crippen molar-refractivity contribution in [3.63, 3.8) is 0 Å². The number of carbonyl (C=O) groups excluding carboxylic acids is 1. The van der Waals surface area contributed by atoms with Crippen LogP contribution in [0.5, 0.6) is 0 Å². The lowest BCUT2D eigenvalue weighted by Crippen LogP contribution is -2.36. The summed E-state index contributed by atoms with van der Waals surface area (Å²) < 4.78 is 5.77. The highest BCUT2D eigenvalue weighted by Gasteiger charge is 2.16. The maximum absolute atomic E-state index is 12.3. The van der Waals surface area contributed by atoms with Crippen molar-refractivity contribution in [2.45, 2.75) is 13.8 Å². The quantitative estimate of drug-likeness (QED) is 0.758. The molecule has 1 amide bonds. The number of rotatable bonds is 6. The average Bonchev–Trinajstić information content (AvgIpc) is 2.34. The molecule has 0 unspecified atom stereocenters. The van der Waals surface area contributed by atoms with Crippen molar-refractivity contribution in [1.29, 1.82) is 0 Å². The fourth-order valence-electron chi connectivity index (χ4n) is 1.60. The number of aromatic nitrogens is 1. The summed E-state index contributed by atoms with van der Waals surface area (Å²) >= 11 is 3.26. The molecule has 0 spiro atoms. The zero-order valence-corrected chi connectivity index (χ0v) is 12.6. The molecular weight excluding hydrogens is 296 g/mol. The van der Waals surface area contributed by atoms with Crippen molar-refractivity contribution in [2.24, 2.45) is 5.92 Å². The van der Waals surface area contributed by atoms with Crippen LogP contribution in [0.2, 0.25) is 0 Å². The molecule has 1 heterocycles. The van der Waals surface area contributed by atoms with Gasteiger partial charge in [-0.1, -0.05) is 13.8 Å². The van der Waals surface area contributed by atoms with Gasteiger partial charge in [-0.2, -0.15) is 0 Å². The molecule has 1 rings (SSSR count). The standard InChI is InChI=1S/C13H19BrN2O2/c1-10(2)9-16(6-7-18-3)13(17)11-4-5-12(14)15-8-11/h4-5,8,10H,6-7,9H2,1-3H3. The van der Waals surface area contributed by atoms with Crippen molar-refractivity contribution in [1.82, 2.24) is 9.88 Å². The van der Waals surface area contributed by atoms with Gasteiger partial charge in [0.2, 0.25) is 0 Å². The number of halogens is 1. The van der Waals surface area contributed by atoms with E-state index in [4.69, 9.17) is 4.74 Å². The molecule has 0 aliphatic carbocycles. The van der Waals surface area contributed by atoms with Gasteiger partial charge in [-0.15, -0.1) is 0 Å². The van der Waals surface area contributed by atoms with Gasteiger partial charge in [-0.05, 0) is 34.0 Å². The normalized spacial score (nSPS) is 10.7. The second-order valence-electron chi connectivity index (χ2n) is 4.51. The molecule has 100 valence electrons. The molecule has 4 nitrogen and oxygen atoms in total. The van der Waals surface area contributed by atoms with E-state index in [1.54, 1.807) is 30.3 Å². The van der Waals surface area contributed by atoms with E-state index >= 15 is 0 Å². The lowest BCUT2D eigenvalue weighted by molar-refractivity contribution is 0.0672. The SMILES string of the molecule is COCCN(CC(C)C)C(=O)c1ccc(Br)nc1. The van der Waals surface area contributed by atoms with Crippen molar-refractivity contribution in [3.05, 3.63) is 28.5 Å². The van der Waals surface area contributed by atoms with E-state index in [2.05, 4.69) is 34.8 Å². The molecule has 0 saturated carbocycles. The zero-order chi connectivity index (χ0) is 13.5. The Morgan fingerprint density at radius 3 is 2.72 bits per heavy atom. The van der Waals surface area contributed by atoms with E-state index in [1.807, 2.05) is 0 Å². The average molecular weight is 315 g/mol. The van der Waals surface area contributed by atoms with Crippen LogP contribution in [-0.4, -0.2) is 42.6 Å². The number of ether oxygens (including phenoxy) is 1. The molecule has 0 saturated heterocycles. The minimum Gasteiger partial charge on any atom is -0.383 e. The third kappa shape index (κ3) is 4.74. The van der Waals surface area contributed by atoms with Crippen molar-refractivity contribution in [2.75, 3.05) is 26.8 Å². The largest absolute Gasteiger partial charge is 0.383 e. The van der Waals surface area contributed by atoms with Crippen LogP contribution < -0.4 is 0 Å². The van der Waals surface area contributed by atoms with Gasteiger partial charge < -0.3 is 9.64 Å². The molecule has 1 aromatic heterocycles. The minimum absolute atomic E-state index is 0.000694. The monoisotopic (exact) mass is 314 g/mol. The van der Waals surface area contributed by atoms with Crippen molar-refractivity contribution in [3.8, 4) is 0 Å². The predicted molar refractivity (Wildman–Crippen MR) is 74.6 cm³/mol. The van der Waals surface area contributed by atoms with Gasteiger partial charge in [0, 0.05) is 26.4 Å². The molecule has 0 aliphatic rings. The van der Waals surface area contributed by atoms with Crippen molar-refractivity contribution >= 4 is 21.8 Å². The van der Waals surface area contributed by atoms with Crippen LogP contribution in [0.4, 0.5) is 0 Å². The van der Waals surface area contributed by atoms with Crippen molar-refractivity contribution < 1.29 is 9.53 Å². The first-order valence-corrected chi connectivity index (χ1v) is 6.73. The van der Waals surface area contributed by atoms with Crippen LogP contribution in [0.3, 0.4) is 0 Å². The van der Waals surface area contributed by atoms with Crippen LogP contribution in [0, 0.1) is 5.92 Å². The second kappa shape index (κ2) is 7.48. The number of nitrogens with zero attached hydrogens (tertiary/aromatic N) is 2. The Morgan fingerprint density at radius 1 is 1.50 bits per heavy atom. The van der Waals surface area contributed by atoms with E-state index in [1.165, 1.54) is 0 Å². The summed E-state index contributed by atoms with van der Waals surface area (Å²) in [6.45, 7) is 6.05. The molecule has 0 N–H and O–H groups in total. The molecule has 18 heavy (non-hydrogen) atoms. The number of pyridine rings is 1. The number of methoxy groups -OCH3 is 1. The van der Waals surface area contributed by atoms with Gasteiger partial charge in [0.1, 0.15) is 4.60 Å². The summed E-state index contributed by atoms with van der Waals surface area (Å²) in [4.78, 5) is 18.2. The van der Waals surface area contributed by atoms with Gasteiger partial charge in [-0.3, -0.25) is 4.79 Å². The zero-order valence-electron chi connectivity index (χ0n) is 11.0. The molecule has 0 atom stereocenters. The highest BCUT2D eigenvalue weighted by atomic mass is 79.9. The van der Waals surface area contributed by atoms with Gasteiger partial charge in [-0.25, -0.2) is 4.98 Å². The minimum atomic E-state index is 0.000694. The summed E-state index contributed by atoms with van der Waals surface area (Å²) in [5.74, 6) is 0.426. The summed E-state index contributed by atoms with van der Waals surface area (Å²) in [5.41, 5.74) is 0.606. The van der Waals surface area contributed by atoms with E-state index in [-0.39, 0.29) is 5.91 Å².